The summed E-state index contributed by atoms with van der Waals surface area (Å²) in [5.41, 5.74) is 0.285. The van der Waals surface area contributed by atoms with Crippen molar-refractivity contribution < 1.29 is 8.78 Å². The highest BCUT2D eigenvalue weighted by Crippen LogP contribution is 2.31. The summed E-state index contributed by atoms with van der Waals surface area (Å²) in [4.78, 5) is 2.44. The van der Waals surface area contributed by atoms with Crippen molar-refractivity contribution in [1.82, 2.24) is 4.90 Å². The molecule has 1 N–H and O–H groups in total. The van der Waals surface area contributed by atoms with Gasteiger partial charge >= 0.3 is 0 Å². The molecular formula is C13H16F2N2. The van der Waals surface area contributed by atoms with Crippen molar-refractivity contribution in [3.05, 3.63) is 29.8 Å². The molecular weight excluding hydrogens is 222 g/mol. The molecule has 2 fully saturated rings. The van der Waals surface area contributed by atoms with E-state index in [1.807, 2.05) is 0 Å². The second-order valence-electron chi connectivity index (χ2n) is 4.96. The smallest absolute Gasteiger partial charge is 0.181 e. The van der Waals surface area contributed by atoms with Crippen molar-refractivity contribution in [1.29, 1.82) is 0 Å². The highest BCUT2D eigenvalue weighted by molar-refractivity contribution is 5.46. The number of hydrogen-bond acceptors (Lipinski definition) is 2. The number of nitrogens with one attached hydrogen (secondary N) is 1. The maximum Gasteiger partial charge on any atom is 0.181 e. The molecule has 92 valence electrons. The van der Waals surface area contributed by atoms with E-state index in [0.29, 0.717) is 0 Å². The molecule has 0 spiro atoms. The molecule has 4 heteroatoms. The van der Waals surface area contributed by atoms with E-state index in [9.17, 15) is 8.78 Å². The van der Waals surface area contributed by atoms with Gasteiger partial charge in [-0.05, 0) is 31.4 Å². The van der Waals surface area contributed by atoms with E-state index < -0.39 is 11.6 Å². The topological polar surface area (TPSA) is 15.3 Å². The molecule has 1 aliphatic carbocycles. The van der Waals surface area contributed by atoms with Crippen LogP contribution in [0.5, 0.6) is 0 Å². The number of rotatable bonds is 3. The number of anilines is 1. The van der Waals surface area contributed by atoms with Crippen LogP contribution in [0, 0.1) is 11.6 Å². The van der Waals surface area contributed by atoms with Crippen molar-refractivity contribution in [2.45, 2.75) is 31.3 Å². The summed E-state index contributed by atoms with van der Waals surface area (Å²) in [7, 11) is 0. The Balaban J connectivity index is 1.65. The molecule has 0 bridgehead atoms. The standard InChI is InChI=1S/C13H16F2N2/c14-11-2-1-3-12(13(11)15)16-9-6-7-17(8-9)10-4-5-10/h1-3,9-10,16H,4-8H2. The fourth-order valence-corrected chi connectivity index (χ4v) is 2.51. The molecule has 1 heterocycles. The van der Waals surface area contributed by atoms with Crippen LogP contribution in [-0.2, 0) is 0 Å². The predicted molar refractivity (Wildman–Crippen MR) is 63.0 cm³/mol. The zero-order valence-corrected chi connectivity index (χ0v) is 9.63. The largest absolute Gasteiger partial charge is 0.379 e. The molecule has 1 atom stereocenters. The van der Waals surface area contributed by atoms with Gasteiger partial charge in [-0.25, -0.2) is 8.78 Å². The van der Waals surface area contributed by atoms with Crippen molar-refractivity contribution >= 4 is 5.69 Å². The average Bonchev–Trinajstić information content (AvgIpc) is 3.06. The quantitative estimate of drug-likeness (QED) is 0.870. The SMILES string of the molecule is Fc1cccc(NC2CCN(C3CC3)C2)c1F. The molecule has 2 aliphatic rings. The molecule has 0 aromatic heterocycles. The second kappa shape index (κ2) is 4.26. The Labute approximate surface area is 99.6 Å². The summed E-state index contributed by atoms with van der Waals surface area (Å²) in [6, 6.07) is 5.27. The fourth-order valence-electron chi connectivity index (χ4n) is 2.51. The summed E-state index contributed by atoms with van der Waals surface area (Å²) < 4.78 is 26.5. The molecule has 1 unspecified atom stereocenters. The average molecular weight is 238 g/mol. The minimum absolute atomic E-state index is 0.242. The molecule has 1 aliphatic heterocycles. The zero-order valence-electron chi connectivity index (χ0n) is 9.63. The number of benzene rings is 1. The maximum atomic E-state index is 13.5. The lowest BCUT2D eigenvalue weighted by Crippen LogP contribution is -2.28. The Morgan fingerprint density at radius 3 is 2.76 bits per heavy atom. The molecule has 0 amide bonds. The molecule has 0 radical (unpaired) electrons. The van der Waals surface area contributed by atoms with Crippen molar-refractivity contribution in [3.63, 3.8) is 0 Å². The molecule has 3 rings (SSSR count). The van der Waals surface area contributed by atoms with Crippen molar-refractivity contribution in [3.8, 4) is 0 Å². The van der Waals surface area contributed by atoms with E-state index >= 15 is 0 Å². The van der Waals surface area contributed by atoms with Crippen LogP contribution < -0.4 is 5.32 Å². The van der Waals surface area contributed by atoms with Crippen LogP contribution in [0.3, 0.4) is 0 Å². The Hall–Kier alpha value is -1.16. The highest BCUT2D eigenvalue weighted by Gasteiger charge is 2.34. The van der Waals surface area contributed by atoms with Gasteiger partial charge in [-0.2, -0.15) is 0 Å². The van der Waals surface area contributed by atoms with Gasteiger partial charge in [-0.1, -0.05) is 6.07 Å². The Kier molecular flexibility index (Phi) is 2.74. The third kappa shape index (κ3) is 2.27. The van der Waals surface area contributed by atoms with Gasteiger partial charge in [0, 0.05) is 25.2 Å². The first kappa shape index (κ1) is 11.0. The first-order valence-corrected chi connectivity index (χ1v) is 6.18. The van der Waals surface area contributed by atoms with Gasteiger partial charge in [0.25, 0.3) is 0 Å². The van der Waals surface area contributed by atoms with Crippen LogP contribution in [0.25, 0.3) is 0 Å². The van der Waals surface area contributed by atoms with E-state index in [0.717, 1.165) is 31.6 Å². The molecule has 1 saturated carbocycles. The van der Waals surface area contributed by atoms with Gasteiger partial charge in [0.1, 0.15) is 0 Å². The normalized spacial score (nSPS) is 25.2. The van der Waals surface area contributed by atoms with Gasteiger partial charge in [0.05, 0.1) is 5.69 Å². The van der Waals surface area contributed by atoms with Crippen LogP contribution in [0.1, 0.15) is 19.3 Å². The molecule has 1 saturated heterocycles. The van der Waals surface area contributed by atoms with E-state index in [1.54, 1.807) is 6.07 Å². The minimum Gasteiger partial charge on any atom is -0.379 e. The minimum atomic E-state index is -0.785. The third-order valence-corrected chi connectivity index (χ3v) is 3.59. The number of hydrogen-bond donors (Lipinski definition) is 1. The van der Waals surface area contributed by atoms with E-state index in [1.165, 1.54) is 18.9 Å². The predicted octanol–water partition coefficient (Wildman–Crippen LogP) is 2.61. The van der Waals surface area contributed by atoms with E-state index in [2.05, 4.69) is 10.2 Å². The Bertz CT molecular complexity index is 418. The maximum absolute atomic E-state index is 13.5. The van der Waals surface area contributed by atoms with Crippen molar-refractivity contribution in [2.75, 3.05) is 18.4 Å². The van der Waals surface area contributed by atoms with Gasteiger partial charge in [0.15, 0.2) is 11.6 Å². The number of likely N-dealkylation sites (tertiary alicyclic amines) is 1. The summed E-state index contributed by atoms with van der Waals surface area (Å²) in [5, 5.41) is 3.11. The lowest BCUT2D eigenvalue weighted by atomic mass is 10.2. The van der Waals surface area contributed by atoms with Crippen LogP contribution >= 0.6 is 0 Å². The van der Waals surface area contributed by atoms with Crippen molar-refractivity contribution in [2.24, 2.45) is 0 Å². The lowest BCUT2D eigenvalue weighted by Gasteiger charge is -2.17. The summed E-state index contributed by atoms with van der Waals surface area (Å²) >= 11 is 0. The van der Waals surface area contributed by atoms with E-state index in [-0.39, 0.29) is 11.7 Å². The second-order valence-corrected chi connectivity index (χ2v) is 4.96. The highest BCUT2D eigenvalue weighted by atomic mass is 19.2. The molecule has 17 heavy (non-hydrogen) atoms. The number of nitrogens with zero attached hydrogens (tertiary/aromatic N) is 1. The first-order valence-electron chi connectivity index (χ1n) is 6.18. The number of halogens is 2. The molecule has 1 aromatic carbocycles. The van der Waals surface area contributed by atoms with Crippen LogP contribution in [-0.4, -0.2) is 30.1 Å². The van der Waals surface area contributed by atoms with Crippen LogP contribution in [0.2, 0.25) is 0 Å². The van der Waals surface area contributed by atoms with Crippen LogP contribution in [0.4, 0.5) is 14.5 Å². The Morgan fingerprint density at radius 2 is 2.00 bits per heavy atom. The molecule has 2 nitrogen and oxygen atoms in total. The first-order chi connectivity index (χ1) is 8.24. The van der Waals surface area contributed by atoms with Gasteiger partial charge in [-0.3, -0.25) is 4.90 Å². The zero-order chi connectivity index (χ0) is 11.8. The van der Waals surface area contributed by atoms with Gasteiger partial charge in [-0.15, -0.1) is 0 Å². The summed E-state index contributed by atoms with van der Waals surface area (Å²) in [5.74, 6) is -1.55. The third-order valence-electron chi connectivity index (χ3n) is 3.59. The molecule has 1 aromatic rings. The monoisotopic (exact) mass is 238 g/mol. The van der Waals surface area contributed by atoms with E-state index in [4.69, 9.17) is 0 Å². The lowest BCUT2D eigenvalue weighted by molar-refractivity contribution is 0.326. The Morgan fingerprint density at radius 1 is 1.18 bits per heavy atom. The fraction of sp³-hybridized carbons (Fsp3) is 0.538. The van der Waals surface area contributed by atoms with Gasteiger partial charge in [0.2, 0.25) is 0 Å². The van der Waals surface area contributed by atoms with Crippen LogP contribution in [0.15, 0.2) is 18.2 Å². The van der Waals surface area contributed by atoms with Gasteiger partial charge < -0.3 is 5.32 Å². The summed E-state index contributed by atoms with van der Waals surface area (Å²) in [6.07, 6.45) is 3.59. The summed E-state index contributed by atoms with van der Waals surface area (Å²) in [6.45, 7) is 2.01.